The first kappa shape index (κ1) is 17.8. The molecule has 0 aliphatic carbocycles. The Hall–Kier alpha value is -2.53. The van der Waals surface area contributed by atoms with E-state index in [1.165, 1.54) is 0 Å². The van der Waals surface area contributed by atoms with E-state index in [2.05, 4.69) is 10.9 Å². The third-order valence-electron chi connectivity index (χ3n) is 3.44. The van der Waals surface area contributed by atoms with Crippen molar-refractivity contribution in [3.8, 4) is 5.75 Å². The zero-order valence-corrected chi connectivity index (χ0v) is 14.1. The molecular formula is C18H19ClN2O3. The van der Waals surface area contributed by atoms with Gasteiger partial charge in [-0.2, -0.15) is 0 Å². The lowest BCUT2D eigenvalue weighted by molar-refractivity contribution is -0.128. The number of ether oxygens (including phenoxy) is 1. The van der Waals surface area contributed by atoms with Gasteiger partial charge in [0.15, 0.2) is 0 Å². The van der Waals surface area contributed by atoms with E-state index in [9.17, 15) is 9.59 Å². The molecule has 2 rings (SSSR count). The van der Waals surface area contributed by atoms with Crippen molar-refractivity contribution in [2.45, 2.75) is 19.3 Å². The van der Waals surface area contributed by atoms with Crippen LogP contribution in [0.1, 0.15) is 17.5 Å². The average Bonchev–Trinajstić information content (AvgIpc) is 2.60. The van der Waals surface area contributed by atoms with Crippen molar-refractivity contribution in [1.29, 1.82) is 0 Å². The number of amides is 2. The lowest BCUT2D eigenvalue weighted by Gasteiger charge is -2.08. The maximum absolute atomic E-state index is 11.8. The van der Waals surface area contributed by atoms with Gasteiger partial charge in [0.25, 0.3) is 0 Å². The third kappa shape index (κ3) is 5.59. The van der Waals surface area contributed by atoms with Crippen molar-refractivity contribution in [2.24, 2.45) is 0 Å². The summed E-state index contributed by atoms with van der Waals surface area (Å²) < 4.78 is 5.06. The molecule has 2 N–H and O–H groups in total. The number of carbonyl (C=O) groups is 2. The molecule has 0 saturated carbocycles. The number of hydrazine groups is 1. The van der Waals surface area contributed by atoms with E-state index in [1.54, 1.807) is 37.4 Å². The van der Waals surface area contributed by atoms with Gasteiger partial charge in [-0.1, -0.05) is 41.9 Å². The van der Waals surface area contributed by atoms with Gasteiger partial charge in [-0.15, -0.1) is 0 Å². The van der Waals surface area contributed by atoms with Crippen LogP contribution in [0, 0.1) is 0 Å². The molecule has 0 aliphatic rings. The van der Waals surface area contributed by atoms with Crippen LogP contribution < -0.4 is 15.6 Å². The standard InChI is InChI=1S/C18H19ClN2O3/c1-24-15-9-6-13(7-10-15)12-18(23)21-20-17(22)11-8-14-4-2-3-5-16(14)19/h2-7,9-10H,8,11-12H2,1H3,(H,20,22)(H,21,23). The lowest BCUT2D eigenvalue weighted by Crippen LogP contribution is -2.42. The van der Waals surface area contributed by atoms with Crippen LogP contribution in [-0.4, -0.2) is 18.9 Å². The third-order valence-corrected chi connectivity index (χ3v) is 3.81. The summed E-state index contributed by atoms with van der Waals surface area (Å²) in [6.45, 7) is 0. The Morgan fingerprint density at radius 1 is 1.00 bits per heavy atom. The maximum Gasteiger partial charge on any atom is 0.242 e. The second kappa shape index (κ2) is 8.93. The first-order valence-corrected chi connectivity index (χ1v) is 7.90. The van der Waals surface area contributed by atoms with Crippen LogP contribution in [0.3, 0.4) is 0 Å². The summed E-state index contributed by atoms with van der Waals surface area (Å²) >= 11 is 6.04. The second-order valence-corrected chi connectivity index (χ2v) is 5.62. The highest BCUT2D eigenvalue weighted by Gasteiger charge is 2.07. The van der Waals surface area contributed by atoms with Crippen molar-refractivity contribution in [3.63, 3.8) is 0 Å². The molecule has 0 saturated heterocycles. The molecule has 0 heterocycles. The molecule has 2 aromatic rings. The molecule has 0 atom stereocenters. The first-order chi connectivity index (χ1) is 11.6. The smallest absolute Gasteiger partial charge is 0.242 e. The van der Waals surface area contributed by atoms with Gasteiger partial charge < -0.3 is 4.74 Å². The molecule has 2 aromatic carbocycles. The Morgan fingerprint density at radius 2 is 1.67 bits per heavy atom. The van der Waals surface area contributed by atoms with Gasteiger partial charge in [-0.05, 0) is 35.7 Å². The number of benzene rings is 2. The Bertz CT molecular complexity index is 702. The fourth-order valence-corrected chi connectivity index (χ4v) is 2.35. The fraction of sp³-hybridized carbons (Fsp3) is 0.222. The van der Waals surface area contributed by atoms with E-state index in [0.29, 0.717) is 11.4 Å². The molecule has 6 heteroatoms. The minimum atomic E-state index is -0.286. The minimum Gasteiger partial charge on any atom is -0.497 e. The Labute approximate surface area is 145 Å². The number of carbonyl (C=O) groups excluding carboxylic acids is 2. The highest BCUT2D eigenvalue weighted by molar-refractivity contribution is 6.31. The number of nitrogens with one attached hydrogen (secondary N) is 2. The number of methoxy groups -OCH3 is 1. The van der Waals surface area contributed by atoms with Crippen molar-refractivity contribution >= 4 is 23.4 Å². The molecule has 126 valence electrons. The van der Waals surface area contributed by atoms with Crippen molar-refractivity contribution in [3.05, 3.63) is 64.7 Å². The molecule has 0 aromatic heterocycles. The fourth-order valence-electron chi connectivity index (χ4n) is 2.12. The molecule has 0 aliphatic heterocycles. The highest BCUT2D eigenvalue weighted by Crippen LogP contribution is 2.16. The van der Waals surface area contributed by atoms with Crippen molar-refractivity contribution in [2.75, 3.05) is 7.11 Å². The van der Waals surface area contributed by atoms with Crippen LogP contribution in [0.5, 0.6) is 5.75 Å². The zero-order valence-electron chi connectivity index (χ0n) is 13.3. The van der Waals surface area contributed by atoms with Crippen LogP contribution >= 0.6 is 11.6 Å². The topological polar surface area (TPSA) is 67.4 Å². The Morgan fingerprint density at radius 3 is 2.33 bits per heavy atom. The molecule has 0 spiro atoms. The summed E-state index contributed by atoms with van der Waals surface area (Å²) in [7, 11) is 1.58. The second-order valence-electron chi connectivity index (χ2n) is 5.21. The molecule has 0 bridgehead atoms. The Kier molecular flexibility index (Phi) is 6.63. The van der Waals surface area contributed by atoms with Crippen LogP contribution in [0.15, 0.2) is 48.5 Å². The minimum absolute atomic E-state index is 0.175. The average molecular weight is 347 g/mol. The molecule has 0 radical (unpaired) electrons. The summed E-state index contributed by atoms with van der Waals surface area (Å²) in [5.74, 6) is 0.177. The van der Waals surface area contributed by atoms with Gasteiger partial charge >= 0.3 is 0 Å². The molecular weight excluding hydrogens is 328 g/mol. The summed E-state index contributed by atoms with van der Waals surface area (Å²) in [6.07, 6.45) is 0.932. The van der Waals surface area contributed by atoms with Gasteiger partial charge in [0.2, 0.25) is 11.8 Å². The normalized spacial score (nSPS) is 10.1. The number of rotatable bonds is 6. The lowest BCUT2D eigenvalue weighted by atomic mass is 10.1. The predicted octanol–water partition coefficient (Wildman–Crippen LogP) is 2.67. The van der Waals surface area contributed by atoms with E-state index in [-0.39, 0.29) is 24.7 Å². The summed E-state index contributed by atoms with van der Waals surface area (Å²) in [5, 5.41) is 0.633. The van der Waals surface area contributed by atoms with Crippen LogP contribution in [0.2, 0.25) is 5.02 Å². The quantitative estimate of drug-likeness (QED) is 0.790. The zero-order chi connectivity index (χ0) is 17.4. The number of aryl methyl sites for hydroxylation is 1. The summed E-state index contributed by atoms with van der Waals surface area (Å²) in [4.78, 5) is 23.6. The van der Waals surface area contributed by atoms with Gasteiger partial charge in [0, 0.05) is 11.4 Å². The van der Waals surface area contributed by atoms with Crippen molar-refractivity contribution < 1.29 is 14.3 Å². The van der Waals surface area contributed by atoms with E-state index in [0.717, 1.165) is 16.9 Å². The van der Waals surface area contributed by atoms with E-state index < -0.39 is 0 Å². The summed E-state index contributed by atoms with van der Waals surface area (Å²) in [6, 6.07) is 14.5. The molecule has 0 unspecified atom stereocenters. The van der Waals surface area contributed by atoms with Crippen LogP contribution in [0.25, 0.3) is 0 Å². The van der Waals surface area contributed by atoms with Gasteiger partial charge in [0.1, 0.15) is 5.75 Å². The van der Waals surface area contributed by atoms with E-state index in [1.807, 2.05) is 18.2 Å². The van der Waals surface area contributed by atoms with Gasteiger partial charge in [-0.3, -0.25) is 20.4 Å². The molecule has 2 amide bonds. The number of hydrogen-bond acceptors (Lipinski definition) is 3. The first-order valence-electron chi connectivity index (χ1n) is 7.52. The summed E-state index contributed by atoms with van der Waals surface area (Å²) in [5.41, 5.74) is 6.55. The molecule has 24 heavy (non-hydrogen) atoms. The van der Waals surface area contributed by atoms with Gasteiger partial charge in [0.05, 0.1) is 13.5 Å². The van der Waals surface area contributed by atoms with Crippen LogP contribution in [0.4, 0.5) is 0 Å². The SMILES string of the molecule is COc1ccc(CC(=O)NNC(=O)CCc2ccccc2Cl)cc1. The van der Waals surface area contributed by atoms with Crippen molar-refractivity contribution in [1.82, 2.24) is 10.9 Å². The largest absolute Gasteiger partial charge is 0.497 e. The predicted molar refractivity (Wildman–Crippen MR) is 92.8 cm³/mol. The molecule has 5 nitrogen and oxygen atoms in total. The maximum atomic E-state index is 11.8. The van der Waals surface area contributed by atoms with E-state index in [4.69, 9.17) is 16.3 Å². The number of halogens is 1. The number of hydrogen-bond donors (Lipinski definition) is 2. The van der Waals surface area contributed by atoms with Crippen LogP contribution in [-0.2, 0) is 22.4 Å². The highest BCUT2D eigenvalue weighted by atomic mass is 35.5. The van der Waals surface area contributed by atoms with Gasteiger partial charge in [-0.25, -0.2) is 0 Å². The Balaban J connectivity index is 1.72. The van der Waals surface area contributed by atoms with E-state index >= 15 is 0 Å². The molecule has 0 fully saturated rings. The monoisotopic (exact) mass is 346 g/mol.